The van der Waals surface area contributed by atoms with Crippen LogP contribution in [-0.2, 0) is 0 Å². The third-order valence-corrected chi connectivity index (χ3v) is 2.06. The second-order valence-electron chi connectivity index (χ2n) is 3.07. The standard InChI is InChI=1S/C10H17/c1-2-4-6-8-10-9-7-5-3-1/h1H,2,4-10H2. The molecule has 0 amide bonds. The average molecular weight is 137 g/mol. The highest BCUT2D eigenvalue weighted by molar-refractivity contribution is 4.74. The molecule has 0 atom stereocenters. The quantitative estimate of drug-likeness (QED) is 0.479. The Morgan fingerprint density at radius 3 is 2.40 bits per heavy atom. The second-order valence-corrected chi connectivity index (χ2v) is 3.07. The summed E-state index contributed by atoms with van der Waals surface area (Å²) in [5, 5.41) is 0. The van der Waals surface area contributed by atoms with Gasteiger partial charge in [0.1, 0.15) is 0 Å². The maximum Gasteiger partial charge on any atom is -0.0279 e. The minimum atomic E-state index is 1.19. The largest absolute Gasteiger partial charge is 0.0811 e. The Morgan fingerprint density at radius 2 is 1.50 bits per heavy atom. The maximum atomic E-state index is 3.33. The predicted molar refractivity (Wildman–Crippen MR) is 44.7 cm³/mol. The molecule has 1 aliphatic rings. The van der Waals surface area contributed by atoms with Crippen LogP contribution in [0.25, 0.3) is 0 Å². The molecular formula is C10H17. The lowest BCUT2D eigenvalue weighted by Crippen LogP contribution is -1.82. The number of rotatable bonds is 0. The highest BCUT2D eigenvalue weighted by Gasteiger charge is 1.91. The summed E-state index contributed by atoms with van der Waals surface area (Å²) in [5.41, 5.74) is 0. The average Bonchev–Trinajstić information content (AvgIpc) is 2.01. The fourth-order valence-corrected chi connectivity index (χ4v) is 1.38. The second kappa shape index (κ2) is 5.52. The molecule has 0 nitrogen and oxygen atoms in total. The molecule has 0 saturated heterocycles. The van der Waals surface area contributed by atoms with Crippen molar-refractivity contribution in [3.63, 3.8) is 0 Å². The number of allylic oxidation sites excluding steroid dienone is 2. The van der Waals surface area contributed by atoms with Gasteiger partial charge in [-0.2, -0.15) is 0 Å². The van der Waals surface area contributed by atoms with Crippen LogP contribution in [-0.4, -0.2) is 0 Å². The van der Waals surface area contributed by atoms with E-state index in [1.807, 2.05) is 0 Å². The van der Waals surface area contributed by atoms with Gasteiger partial charge in [0.25, 0.3) is 0 Å². The third kappa shape index (κ3) is 3.71. The molecule has 0 bridgehead atoms. The van der Waals surface area contributed by atoms with E-state index in [1.165, 1.54) is 51.4 Å². The van der Waals surface area contributed by atoms with Crippen LogP contribution < -0.4 is 0 Å². The van der Waals surface area contributed by atoms with Crippen LogP contribution in [0.3, 0.4) is 0 Å². The first kappa shape index (κ1) is 7.84. The van der Waals surface area contributed by atoms with E-state index in [1.54, 1.807) is 0 Å². The molecule has 0 fully saturated rings. The monoisotopic (exact) mass is 137 g/mol. The molecule has 0 spiro atoms. The molecule has 0 saturated carbocycles. The van der Waals surface area contributed by atoms with Crippen molar-refractivity contribution < 1.29 is 0 Å². The van der Waals surface area contributed by atoms with Gasteiger partial charge in [0.2, 0.25) is 0 Å². The van der Waals surface area contributed by atoms with Crippen LogP contribution >= 0.6 is 0 Å². The van der Waals surface area contributed by atoms with Crippen LogP contribution in [0.4, 0.5) is 0 Å². The Hall–Kier alpha value is -0.260. The topological polar surface area (TPSA) is 0 Å². The molecule has 57 valence electrons. The molecule has 0 aromatic rings. The summed E-state index contributed by atoms with van der Waals surface area (Å²) in [4.78, 5) is 0. The van der Waals surface area contributed by atoms with Crippen molar-refractivity contribution in [3.05, 3.63) is 12.2 Å². The first-order valence-electron chi connectivity index (χ1n) is 4.55. The van der Waals surface area contributed by atoms with E-state index >= 15 is 0 Å². The van der Waals surface area contributed by atoms with Crippen LogP contribution in [0.5, 0.6) is 0 Å². The van der Waals surface area contributed by atoms with Gasteiger partial charge in [0.05, 0.1) is 0 Å². The zero-order chi connectivity index (χ0) is 7.07. The Balaban J connectivity index is 2.13. The zero-order valence-electron chi connectivity index (χ0n) is 6.73. The van der Waals surface area contributed by atoms with E-state index in [4.69, 9.17) is 0 Å². The molecule has 0 aromatic heterocycles. The van der Waals surface area contributed by atoms with Crippen molar-refractivity contribution in [1.29, 1.82) is 0 Å². The van der Waals surface area contributed by atoms with Gasteiger partial charge in [-0.15, -0.1) is 0 Å². The molecule has 1 aliphatic carbocycles. The Labute approximate surface area is 64.3 Å². The minimum Gasteiger partial charge on any atom is -0.0811 e. The van der Waals surface area contributed by atoms with E-state index in [0.717, 1.165) is 0 Å². The summed E-state index contributed by atoms with van der Waals surface area (Å²) in [6.07, 6.45) is 16.5. The fraction of sp³-hybridized carbons (Fsp3) is 0.800. The summed E-state index contributed by atoms with van der Waals surface area (Å²) >= 11 is 0. The van der Waals surface area contributed by atoms with Gasteiger partial charge in [0.15, 0.2) is 0 Å². The molecule has 0 N–H and O–H groups in total. The summed E-state index contributed by atoms with van der Waals surface area (Å²) in [6, 6.07) is 0. The molecule has 1 rings (SSSR count). The molecule has 0 aromatic carbocycles. The smallest absolute Gasteiger partial charge is 0.0279 e. The first-order chi connectivity index (χ1) is 5.00. The van der Waals surface area contributed by atoms with Crippen molar-refractivity contribution in [2.75, 3.05) is 0 Å². The molecule has 0 unspecified atom stereocenters. The summed E-state index contributed by atoms with van der Waals surface area (Å²) in [6.45, 7) is 0. The van der Waals surface area contributed by atoms with Crippen molar-refractivity contribution in [1.82, 2.24) is 0 Å². The van der Waals surface area contributed by atoms with Crippen LogP contribution in [0.15, 0.2) is 6.08 Å². The minimum absolute atomic E-state index is 1.19. The van der Waals surface area contributed by atoms with Crippen molar-refractivity contribution in [2.45, 2.75) is 51.4 Å². The van der Waals surface area contributed by atoms with Gasteiger partial charge in [-0.3, -0.25) is 0 Å². The van der Waals surface area contributed by atoms with Crippen molar-refractivity contribution in [2.24, 2.45) is 0 Å². The Kier molecular flexibility index (Phi) is 4.33. The Bertz CT molecular complexity index is 80.2. The van der Waals surface area contributed by atoms with Crippen LogP contribution in [0.2, 0.25) is 0 Å². The van der Waals surface area contributed by atoms with E-state index < -0.39 is 0 Å². The van der Waals surface area contributed by atoms with Crippen LogP contribution in [0.1, 0.15) is 51.4 Å². The van der Waals surface area contributed by atoms with Gasteiger partial charge in [-0.05, 0) is 31.8 Å². The summed E-state index contributed by atoms with van der Waals surface area (Å²) < 4.78 is 0. The van der Waals surface area contributed by atoms with E-state index in [9.17, 15) is 0 Å². The molecule has 10 heavy (non-hydrogen) atoms. The van der Waals surface area contributed by atoms with Gasteiger partial charge in [-0.25, -0.2) is 0 Å². The maximum absolute atomic E-state index is 3.33. The SMILES string of the molecule is [C]1=C\CCCCCCCC/1. The number of hydrogen-bond donors (Lipinski definition) is 0. The predicted octanol–water partition coefficient (Wildman–Crippen LogP) is 3.48. The lowest BCUT2D eigenvalue weighted by molar-refractivity contribution is 0.589. The van der Waals surface area contributed by atoms with Crippen molar-refractivity contribution in [3.8, 4) is 0 Å². The lowest BCUT2D eigenvalue weighted by Gasteiger charge is -2.01. The van der Waals surface area contributed by atoms with Gasteiger partial charge in [-0.1, -0.05) is 31.8 Å². The summed E-state index contributed by atoms with van der Waals surface area (Å²) in [7, 11) is 0. The van der Waals surface area contributed by atoms with Gasteiger partial charge >= 0.3 is 0 Å². The van der Waals surface area contributed by atoms with Gasteiger partial charge < -0.3 is 0 Å². The Morgan fingerprint density at radius 1 is 0.800 bits per heavy atom. The van der Waals surface area contributed by atoms with Gasteiger partial charge in [0, 0.05) is 0 Å². The van der Waals surface area contributed by atoms with E-state index in [-0.39, 0.29) is 0 Å². The number of hydrogen-bond acceptors (Lipinski definition) is 0. The molecule has 0 heteroatoms. The zero-order valence-corrected chi connectivity index (χ0v) is 6.73. The first-order valence-corrected chi connectivity index (χ1v) is 4.55. The van der Waals surface area contributed by atoms with E-state index in [0.29, 0.717) is 0 Å². The molecule has 0 aliphatic heterocycles. The molecule has 1 radical (unpaired) electrons. The van der Waals surface area contributed by atoms with Crippen molar-refractivity contribution >= 4 is 0 Å². The fourth-order valence-electron chi connectivity index (χ4n) is 1.38. The molecular weight excluding hydrogens is 120 g/mol. The summed E-state index contributed by atoms with van der Waals surface area (Å²) in [5.74, 6) is 0. The lowest BCUT2D eigenvalue weighted by atomic mass is 10.1. The highest BCUT2D eigenvalue weighted by atomic mass is 14.0. The normalized spacial score (nSPS) is 25.6. The van der Waals surface area contributed by atoms with Crippen LogP contribution in [0, 0.1) is 6.08 Å². The van der Waals surface area contributed by atoms with E-state index in [2.05, 4.69) is 12.2 Å². The highest BCUT2D eigenvalue weighted by Crippen LogP contribution is 2.11. The third-order valence-electron chi connectivity index (χ3n) is 2.06. The molecule has 0 heterocycles.